The second-order valence-corrected chi connectivity index (χ2v) is 6.95. The van der Waals surface area contributed by atoms with Gasteiger partial charge in [0.05, 0.1) is 35.3 Å². The molecule has 0 saturated carbocycles. The van der Waals surface area contributed by atoms with Gasteiger partial charge in [-0.1, -0.05) is 0 Å². The first-order valence-corrected chi connectivity index (χ1v) is 9.26. The Bertz CT molecular complexity index is 1510. The molecule has 0 aliphatic rings. The Kier molecular flexibility index (Phi) is 3.45. The van der Waals surface area contributed by atoms with E-state index in [-0.39, 0.29) is 0 Å². The number of nitrogens with one attached hydrogen (secondary N) is 3. The molecule has 0 aliphatic heterocycles. The zero-order valence-electron chi connectivity index (χ0n) is 15.8. The molecule has 0 saturated heterocycles. The van der Waals surface area contributed by atoms with Gasteiger partial charge in [0.1, 0.15) is 29.4 Å². The van der Waals surface area contributed by atoms with Gasteiger partial charge in [-0.2, -0.15) is 9.67 Å². The largest absolute Gasteiger partial charge is 0.335 e. The van der Waals surface area contributed by atoms with Gasteiger partial charge in [-0.15, -0.1) is 0 Å². The van der Waals surface area contributed by atoms with E-state index in [1.54, 1.807) is 31.0 Å². The monoisotopic (exact) mass is 395 g/mol. The number of hydrogen-bond donors (Lipinski definition) is 3. The number of rotatable bonds is 3. The third-order valence-corrected chi connectivity index (χ3v) is 4.94. The van der Waals surface area contributed by atoms with Crippen molar-refractivity contribution in [3.05, 3.63) is 61.6 Å². The molecule has 0 spiro atoms. The van der Waals surface area contributed by atoms with Crippen LogP contribution in [0, 0.1) is 6.92 Å². The maximum Gasteiger partial charge on any atom is 0.247 e. The van der Waals surface area contributed by atoms with Gasteiger partial charge in [-0.25, -0.2) is 19.9 Å². The van der Waals surface area contributed by atoms with Gasteiger partial charge in [0.15, 0.2) is 11.5 Å². The molecule has 0 amide bonds. The summed E-state index contributed by atoms with van der Waals surface area (Å²) in [6.07, 6.45) is 14.1. The van der Waals surface area contributed by atoms with Crippen LogP contribution in [-0.2, 0) is 0 Å². The Balaban J connectivity index is 1.52. The van der Waals surface area contributed by atoms with Crippen molar-refractivity contribution in [3.63, 3.8) is 0 Å². The molecule has 0 bridgehead atoms. The summed E-state index contributed by atoms with van der Waals surface area (Å²) >= 11 is 0. The minimum Gasteiger partial charge on any atom is -0.335 e. The Labute approximate surface area is 169 Å². The normalized spacial score (nSPS) is 11.5. The summed E-state index contributed by atoms with van der Waals surface area (Å²) in [5.74, 6) is 0.653. The third-order valence-electron chi connectivity index (χ3n) is 4.94. The predicted octanol–water partition coefficient (Wildman–Crippen LogP) is 2.27. The summed E-state index contributed by atoms with van der Waals surface area (Å²) < 4.78 is 1.97. The van der Waals surface area contributed by atoms with Crippen LogP contribution in [0.2, 0.25) is 0 Å². The van der Waals surface area contributed by atoms with Crippen LogP contribution in [0.25, 0.3) is 50.4 Å². The number of pyridine rings is 2. The van der Waals surface area contributed by atoms with Crippen LogP contribution >= 0.6 is 0 Å². The highest BCUT2D eigenvalue weighted by molar-refractivity contribution is 5.95. The van der Waals surface area contributed by atoms with Crippen LogP contribution in [0.3, 0.4) is 0 Å². The van der Waals surface area contributed by atoms with Crippen molar-refractivity contribution in [2.75, 3.05) is 0 Å². The van der Waals surface area contributed by atoms with E-state index >= 15 is 0 Å². The molecule has 0 aromatic carbocycles. The molecule has 10 heteroatoms. The van der Waals surface area contributed by atoms with Crippen molar-refractivity contribution in [1.82, 2.24) is 45.1 Å². The molecular weight excluding hydrogens is 380 g/mol. The van der Waals surface area contributed by atoms with Crippen LogP contribution in [0.15, 0.2) is 55.9 Å². The molecule has 3 N–H and O–H groups in total. The highest BCUT2D eigenvalue weighted by Crippen LogP contribution is 2.29. The molecule has 0 atom stereocenters. The average molecular weight is 395 g/mol. The minimum atomic E-state index is 0.653. The Morgan fingerprint density at radius 1 is 0.967 bits per heavy atom. The lowest BCUT2D eigenvalue weighted by Crippen LogP contribution is -2.27. The van der Waals surface area contributed by atoms with E-state index in [4.69, 9.17) is 4.98 Å². The van der Waals surface area contributed by atoms with Crippen molar-refractivity contribution in [2.24, 2.45) is 0 Å². The molecule has 6 heterocycles. The van der Waals surface area contributed by atoms with Crippen LogP contribution in [0.5, 0.6) is 0 Å². The molecule has 6 aromatic rings. The minimum absolute atomic E-state index is 0.653. The summed E-state index contributed by atoms with van der Waals surface area (Å²) in [7, 11) is 0. The Morgan fingerprint density at radius 3 is 2.70 bits per heavy atom. The molecule has 0 aliphatic carbocycles. The molecule has 6 rings (SSSR count). The summed E-state index contributed by atoms with van der Waals surface area (Å²) in [5.41, 5.74) is 6.70. The number of aromatic amines is 3. The number of aromatic nitrogens is 10. The van der Waals surface area contributed by atoms with Crippen LogP contribution in [-0.4, -0.2) is 45.1 Å². The number of H-pyrrole nitrogens is 3. The number of hydrogen-bond acceptors (Lipinski definition) is 6. The van der Waals surface area contributed by atoms with Crippen molar-refractivity contribution in [2.45, 2.75) is 6.92 Å². The second kappa shape index (κ2) is 6.27. The fourth-order valence-corrected chi connectivity index (χ4v) is 3.50. The van der Waals surface area contributed by atoms with Gasteiger partial charge >= 0.3 is 0 Å². The molecule has 0 radical (unpaired) electrons. The van der Waals surface area contributed by atoms with Gasteiger partial charge in [0.25, 0.3) is 0 Å². The fraction of sp³-hybridized carbons (Fsp3) is 0.0500. The lowest BCUT2D eigenvalue weighted by atomic mass is 10.1. The van der Waals surface area contributed by atoms with E-state index in [2.05, 4.69) is 40.1 Å². The first-order valence-electron chi connectivity index (χ1n) is 9.26. The Hall–Kier alpha value is -4.47. The summed E-state index contributed by atoms with van der Waals surface area (Å²) in [6, 6.07) is 1.96. The number of aryl methyl sites for hydroxylation is 1. The lowest BCUT2D eigenvalue weighted by Gasteiger charge is -1.99. The molecule has 6 aromatic heterocycles. The fourth-order valence-electron chi connectivity index (χ4n) is 3.50. The second-order valence-electron chi connectivity index (χ2n) is 6.95. The van der Waals surface area contributed by atoms with E-state index < -0.39 is 0 Å². The lowest BCUT2D eigenvalue weighted by molar-refractivity contribution is -0.593. The molecule has 144 valence electrons. The van der Waals surface area contributed by atoms with E-state index in [9.17, 15) is 0 Å². The van der Waals surface area contributed by atoms with Crippen LogP contribution in [0.1, 0.15) is 5.69 Å². The number of nitrogens with zero attached hydrogens (tertiary/aromatic N) is 7. The molecule has 0 unspecified atom stereocenters. The van der Waals surface area contributed by atoms with Gasteiger partial charge in [-0.3, -0.25) is 15.1 Å². The highest BCUT2D eigenvalue weighted by Gasteiger charge is 2.18. The standard InChI is InChI=1S/C20H14N10/c1-11-8-30(10-25-11)17-7-21-5-16-19(17)27-20(26-16)18-13-2-14(12-3-22-9-23-4-12)24-6-15(13)28-29-18/h2-10H,1H3,(H2,21,24,26,27,28,29)/p+1. The topological polar surface area (TPSA) is 129 Å². The zero-order valence-corrected chi connectivity index (χ0v) is 15.8. The predicted molar refractivity (Wildman–Crippen MR) is 108 cm³/mol. The van der Waals surface area contributed by atoms with Crippen molar-refractivity contribution >= 4 is 21.9 Å². The van der Waals surface area contributed by atoms with E-state index in [1.165, 1.54) is 6.33 Å². The van der Waals surface area contributed by atoms with Gasteiger partial charge in [0.2, 0.25) is 6.33 Å². The first-order chi connectivity index (χ1) is 14.8. The maximum absolute atomic E-state index is 4.84. The van der Waals surface area contributed by atoms with E-state index in [0.717, 1.165) is 44.6 Å². The van der Waals surface area contributed by atoms with E-state index in [0.29, 0.717) is 11.5 Å². The van der Waals surface area contributed by atoms with Gasteiger partial charge in [-0.05, 0) is 6.07 Å². The molecule has 0 fully saturated rings. The van der Waals surface area contributed by atoms with Crippen molar-refractivity contribution in [1.29, 1.82) is 0 Å². The quantitative estimate of drug-likeness (QED) is 0.394. The molecular formula is C20H15N10+. The number of imidazole rings is 2. The summed E-state index contributed by atoms with van der Waals surface area (Å²) in [6.45, 7) is 2.00. The van der Waals surface area contributed by atoms with Crippen molar-refractivity contribution < 1.29 is 4.57 Å². The number of fused-ring (bicyclic) bond motifs is 2. The van der Waals surface area contributed by atoms with Crippen molar-refractivity contribution in [3.8, 4) is 28.5 Å². The van der Waals surface area contributed by atoms with Crippen LogP contribution < -0.4 is 4.57 Å². The summed E-state index contributed by atoms with van der Waals surface area (Å²) in [5, 5.41) is 8.41. The van der Waals surface area contributed by atoms with Crippen LogP contribution in [0.4, 0.5) is 0 Å². The average Bonchev–Trinajstić information content (AvgIpc) is 3.51. The Morgan fingerprint density at radius 2 is 1.87 bits per heavy atom. The zero-order chi connectivity index (χ0) is 20.1. The molecule has 10 nitrogen and oxygen atoms in total. The third kappa shape index (κ3) is 2.54. The summed E-state index contributed by atoms with van der Waals surface area (Å²) in [4.78, 5) is 28.3. The van der Waals surface area contributed by atoms with Gasteiger partial charge in [0, 0.05) is 30.3 Å². The first kappa shape index (κ1) is 16.5. The molecule has 30 heavy (non-hydrogen) atoms. The van der Waals surface area contributed by atoms with Gasteiger partial charge < -0.3 is 4.98 Å². The maximum atomic E-state index is 4.84. The van der Waals surface area contributed by atoms with E-state index in [1.807, 2.05) is 30.1 Å². The SMILES string of the molecule is Cc1c[n+](-c2cncc3[nH]c(-c4n[nH]c5cnc(-c6cncnc6)cc45)nc23)c[nH]1. The smallest absolute Gasteiger partial charge is 0.247 e. The highest BCUT2D eigenvalue weighted by atomic mass is 15.1.